The highest BCUT2D eigenvalue weighted by atomic mass is 35.5. The number of nitrogens with zero attached hydrogens (tertiary/aromatic N) is 2. The largest absolute Gasteiger partial charge is 0.505 e. The molecule has 0 radical (unpaired) electrons. The van der Waals surface area contributed by atoms with Crippen LogP contribution in [-0.4, -0.2) is 21.6 Å². The van der Waals surface area contributed by atoms with Crippen molar-refractivity contribution in [2.75, 3.05) is 17.6 Å². The number of nitrogens with one attached hydrogen (secondary N) is 1. The number of nitrogen functional groups attached to an aromatic ring is 1. The Balaban J connectivity index is 1.96. The summed E-state index contributed by atoms with van der Waals surface area (Å²) in [6.45, 7) is 2.52. The van der Waals surface area contributed by atoms with Gasteiger partial charge in [-0.05, 0) is 36.8 Å². The highest BCUT2D eigenvalue weighted by Gasteiger charge is 2.17. The summed E-state index contributed by atoms with van der Waals surface area (Å²) < 4.78 is 13.0. The summed E-state index contributed by atoms with van der Waals surface area (Å²) in [5.74, 6) is -0.0870. The molecule has 0 spiro atoms. The molecule has 3 aromatic rings. The normalized spacial score (nSPS) is 10.7. The topological polar surface area (TPSA) is 84.1 Å². The lowest BCUT2D eigenvalue weighted by Crippen LogP contribution is -2.03. The fourth-order valence-corrected chi connectivity index (χ4v) is 2.90. The zero-order valence-corrected chi connectivity index (χ0v) is 14.9. The lowest BCUT2D eigenvalue weighted by molar-refractivity contribution is 0.479. The van der Waals surface area contributed by atoms with Crippen LogP contribution in [0.1, 0.15) is 18.2 Å². The Morgan fingerprint density at radius 2 is 1.96 bits per heavy atom. The van der Waals surface area contributed by atoms with Gasteiger partial charge in [-0.2, -0.15) is 0 Å². The van der Waals surface area contributed by atoms with Gasteiger partial charge in [0, 0.05) is 24.9 Å². The predicted molar refractivity (Wildman–Crippen MR) is 102 cm³/mol. The SMILES string of the molecule is CCNc1c(Cl)cc(-c2nccc(Cc3ccc(F)cc3)n2)c(O)c1N. The number of hydrogen-bond donors (Lipinski definition) is 3. The van der Waals surface area contributed by atoms with Crippen molar-refractivity contribution >= 4 is 23.0 Å². The van der Waals surface area contributed by atoms with Crippen molar-refractivity contribution in [1.82, 2.24) is 9.97 Å². The number of rotatable bonds is 5. The molecule has 134 valence electrons. The molecule has 0 bridgehead atoms. The molecule has 1 heterocycles. The maximum atomic E-state index is 13.0. The summed E-state index contributed by atoms with van der Waals surface area (Å²) in [6, 6.07) is 9.57. The molecular formula is C19H18ClFN4O. The highest BCUT2D eigenvalue weighted by Crippen LogP contribution is 2.42. The molecule has 5 nitrogen and oxygen atoms in total. The first-order valence-corrected chi connectivity index (χ1v) is 8.49. The van der Waals surface area contributed by atoms with Crippen molar-refractivity contribution in [3.8, 4) is 17.1 Å². The van der Waals surface area contributed by atoms with Crippen LogP contribution in [0.25, 0.3) is 11.4 Å². The molecule has 3 rings (SSSR count). The monoisotopic (exact) mass is 372 g/mol. The second-order valence-corrected chi connectivity index (χ2v) is 6.16. The zero-order chi connectivity index (χ0) is 18.7. The van der Waals surface area contributed by atoms with Gasteiger partial charge in [0.15, 0.2) is 11.6 Å². The molecule has 4 N–H and O–H groups in total. The van der Waals surface area contributed by atoms with Crippen molar-refractivity contribution in [3.05, 3.63) is 64.7 Å². The van der Waals surface area contributed by atoms with Gasteiger partial charge < -0.3 is 16.2 Å². The van der Waals surface area contributed by atoms with Gasteiger partial charge in [0.25, 0.3) is 0 Å². The van der Waals surface area contributed by atoms with Crippen LogP contribution in [-0.2, 0) is 6.42 Å². The minimum absolute atomic E-state index is 0.121. The number of phenolic OH excluding ortho intramolecular Hbond substituents is 1. The first-order valence-electron chi connectivity index (χ1n) is 8.11. The van der Waals surface area contributed by atoms with Crippen molar-refractivity contribution in [2.24, 2.45) is 0 Å². The first kappa shape index (κ1) is 17.9. The van der Waals surface area contributed by atoms with Crippen LogP contribution in [0.2, 0.25) is 5.02 Å². The zero-order valence-electron chi connectivity index (χ0n) is 14.1. The van der Waals surface area contributed by atoms with Crippen LogP contribution in [0.3, 0.4) is 0 Å². The van der Waals surface area contributed by atoms with E-state index < -0.39 is 0 Å². The van der Waals surface area contributed by atoms with Gasteiger partial charge in [0.05, 0.1) is 22.0 Å². The highest BCUT2D eigenvalue weighted by molar-refractivity contribution is 6.34. The summed E-state index contributed by atoms with van der Waals surface area (Å²) in [5.41, 5.74) is 8.64. The maximum absolute atomic E-state index is 13.0. The number of aromatic hydroxyl groups is 1. The Morgan fingerprint density at radius 3 is 2.65 bits per heavy atom. The Hall–Kier alpha value is -2.86. The molecule has 0 fully saturated rings. The minimum Gasteiger partial charge on any atom is -0.505 e. The average molecular weight is 373 g/mol. The smallest absolute Gasteiger partial charge is 0.163 e. The van der Waals surface area contributed by atoms with E-state index in [0.29, 0.717) is 35.1 Å². The molecule has 26 heavy (non-hydrogen) atoms. The molecule has 0 saturated carbocycles. The number of aromatic nitrogens is 2. The van der Waals surface area contributed by atoms with Crippen molar-refractivity contribution in [2.45, 2.75) is 13.3 Å². The third-order valence-electron chi connectivity index (χ3n) is 3.90. The van der Waals surface area contributed by atoms with Crippen LogP contribution in [0.5, 0.6) is 5.75 Å². The Labute approximate surface area is 155 Å². The number of benzene rings is 2. The van der Waals surface area contributed by atoms with E-state index >= 15 is 0 Å². The van der Waals surface area contributed by atoms with Gasteiger partial charge in [-0.1, -0.05) is 23.7 Å². The number of anilines is 2. The van der Waals surface area contributed by atoms with Crippen LogP contribution < -0.4 is 11.1 Å². The molecule has 1 aromatic heterocycles. The summed E-state index contributed by atoms with van der Waals surface area (Å²) in [4.78, 5) is 8.70. The fourth-order valence-electron chi connectivity index (χ4n) is 2.62. The fraction of sp³-hybridized carbons (Fsp3) is 0.158. The number of halogens is 2. The van der Waals surface area contributed by atoms with E-state index in [-0.39, 0.29) is 17.3 Å². The summed E-state index contributed by atoms with van der Waals surface area (Å²) in [5, 5.41) is 13.9. The molecule has 0 amide bonds. The van der Waals surface area contributed by atoms with E-state index in [1.54, 1.807) is 30.5 Å². The van der Waals surface area contributed by atoms with E-state index in [2.05, 4.69) is 15.3 Å². The van der Waals surface area contributed by atoms with Gasteiger partial charge in [0.1, 0.15) is 5.82 Å². The lowest BCUT2D eigenvalue weighted by atomic mass is 10.1. The molecule has 0 aliphatic rings. The number of hydrogen-bond acceptors (Lipinski definition) is 5. The van der Waals surface area contributed by atoms with Crippen molar-refractivity contribution in [1.29, 1.82) is 0 Å². The molecule has 2 aromatic carbocycles. The molecule has 0 aliphatic carbocycles. The van der Waals surface area contributed by atoms with Gasteiger partial charge in [-0.15, -0.1) is 0 Å². The molecule has 0 unspecified atom stereocenters. The number of nitrogens with two attached hydrogens (primary N) is 1. The average Bonchev–Trinajstić information content (AvgIpc) is 2.64. The van der Waals surface area contributed by atoms with E-state index in [4.69, 9.17) is 17.3 Å². The van der Waals surface area contributed by atoms with Gasteiger partial charge >= 0.3 is 0 Å². The van der Waals surface area contributed by atoms with Crippen molar-refractivity contribution in [3.63, 3.8) is 0 Å². The Morgan fingerprint density at radius 1 is 1.23 bits per heavy atom. The van der Waals surface area contributed by atoms with E-state index in [1.165, 1.54) is 12.1 Å². The van der Waals surface area contributed by atoms with Gasteiger partial charge in [0.2, 0.25) is 0 Å². The van der Waals surface area contributed by atoms with Crippen molar-refractivity contribution < 1.29 is 9.50 Å². The van der Waals surface area contributed by atoms with Gasteiger partial charge in [-0.25, -0.2) is 14.4 Å². The third-order valence-corrected chi connectivity index (χ3v) is 4.19. The van der Waals surface area contributed by atoms with Crippen LogP contribution >= 0.6 is 11.6 Å². The predicted octanol–water partition coefficient (Wildman–Crippen LogP) is 4.25. The summed E-state index contributed by atoms with van der Waals surface area (Å²) in [6.07, 6.45) is 2.11. The van der Waals surface area contributed by atoms with Crippen LogP contribution in [0, 0.1) is 5.82 Å². The Bertz CT molecular complexity index is 932. The first-order chi connectivity index (χ1) is 12.5. The van der Waals surface area contributed by atoms with Gasteiger partial charge in [-0.3, -0.25) is 0 Å². The number of phenols is 1. The molecular weight excluding hydrogens is 355 g/mol. The molecule has 0 aliphatic heterocycles. The van der Waals surface area contributed by atoms with Crippen LogP contribution in [0.15, 0.2) is 42.6 Å². The summed E-state index contributed by atoms with van der Waals surface area (Å²) >= 11 is 6.28. The standard InChI is InChI=1S/C19H18ClFN4O/c1-2-23-17-15(20)10-14(18(26)16(17)22)19-24-8-7-13(25-19)9-11-3-5-12(21)6-4-11/h3-8,10,23,26H,2,9,22H2,1H3. The molecule has 0 saturated heterocycles. The summed E-state index contributed by atoms with van der Waals surface area (Å²) in [7, 11) is 0. The van der Waals surface area contributed by atoms with Crippen LogP contribution in [0.4, 0.5) is 15.8 Å². The van der Waals surface area contributed by atoms with E-state index in [0.717, 1.165) is 11.3 Å². The molecule has 0 atom stereocenters. The maximum Gasteiger partial charge on any atom is 0.163 e. The van der Waals surface area contributed by atoms with E-state index in [1.807, 2.05) is 6.92 Å². The van der Waals surface area contributed by atoms with E-state index in [9.17, 15) is 9.50 Å². The second kappa shape index (κ2) is 7.58. The minimum atomic E-state index is -0.284. The third kappa shape index (κ3) is 3.70. The molecule has 7 heteroatoms. The second-order valence-electron chi connectivity index (χ2n) is 5.75. The Kier molecular flexibility index (Phi) is 5.23. The quantitative estimate of drug-likeness (QED) is 0.460. The lowest BCUT2D eigenvalue weighted by Gasteiger charge is -2.14.